The zero-order chi connectivity index (χ0) is 15.0. The number of ether oxygens (including phenoxy) is 1. The zero-order valence-electron chi connectivity index (χ0n) is 12.5. The minimum Gasteiger partial charge on any atom is -0.450 e. The molecule has 1 aromatic carbocycles. The van der Waals surface area contributed by atoms with Gasteiger partial charge in [-0.3, -0.25) is 4.79 Å². The molecule has 1 amide bonds. The molecule has 0 unspecified atom stereocenters. The van der Waals surface area contributed by atoms with E-state index in [1.54, 1.807) is 11.8 Å². The SMILES string of the molecule is CCOC(=O)N1CCC2(CC1)C(=O)c1ccccc1N2C. The first-order valence-electron chi connectivity index (χ1n) is 7.39. The van der Waals surface area contributed by atoms with Crippen molar-refractivity contribution in [2.24, 2.45) is 0 Å². The van der Waals surface area contributed by atoms with Crippen molar-refractivity contribution in [1.29, 1.82) is 0 Å². The molecule has 0 bridgehead atoms. The van der Waals surface area contributed by atoms with Crippen molar-refractivity contribution in [3.8, 4) is 0 Å². The predicted molar refractivity (Wildman–Crippen MR) is 79.7 cm³/mol. The molecule has 5 heteroatoms. The minimum absolute atomic E-state index is 0.184. The number of carbonyl (C=O) groups excluding carboxylic acids is 2. The van der Waals surface area contributed by atoms with Gasteiger partial charge in [-0.1, -0.05) is 12.1 Å². The molecule has 0 aliphatic carbocycles. The predicted octanol–water partition coefficient (Wildman–Crippen LogP) is 2.31. The molecule has 1 spiro atoms. The van der Waals surface area contributed by atoms with Gasteiger partial charge in [0.05, 0.1) is 6.61 Å². The number of likely N-dealkylation sites (N-methyl/N-ethyl adjacent to an activating group) is 1. The van der Waals surface area contributed by atoms with Gasteiger partial charge in [0.1, 0.15) is 5.54 Å². The second-order valence-electron chi connectivity index (χ2n) is 5.62. The molecule has 1 fully saturated rings. The highest BCUT2D eigenvalue weighted by Crippen LogP contribution is 2.43. The fourth-order valence-electron chi connectivity index (χ4n) is 3.43. The Hall–Kier alpha value is -2.04. The van der Waals surface area contributed by atoms with Crippen LogP contribution in [0.5, 0.6) is 0 Å². The van der Waals surface area contributed by atoms with E-state index in [0.717, 1.165) is 11.3 Å². The van der Waals surface area contributed by atoms with Crippen LogP contribution in [0, 0.1) is 0 Å². The van der Waals surface area contributed by atoms with E-state index in [0.29, 0.717) is 32.5 Å². The van der Waals surface area contributed by atoms with Gasteiger partial charge in [0, 0.05) is 31.4 Å². The average molecular weight is 288 g/mol. The molecule has 2 heterocycles. The number of carbonyl (C=O) groups is 2. The third kappa shape index (κ3) is 1.99. The molecule has 1 saturated heterocycles. The molecule has 0 aromatic heterocycles. The number of likely N-dealkylation sites (tertiary alicyclic amines) is 1. The number of amides is 1. The van der Waals surface area contributed by atoms with Crippen molar-refractivity contribution in [3.05, 3.63) is 29.8 Å². The highest BCUT2D eigenvalue weighted by atomic mass is 16.6. The van der Waals surface area contributed by atoms with Crippen molar-refractivity contribution in [2.75, 3.05) is 31.6 Å². The fraction of sp³-hybridized carbons (Fsp3) is 0.500. The normalized spacial score (nSPS) is 19.8. The van der Waals surface area contributed by atoms with E-state index in [9.17, 15) is 9.59 Å². The molecule has 3 rings (SSSR count). The highest BCUT2D eigenvalue weighted by Gasteiger charge is 2.51. The van der Waals surface area contributed by atoms with Crippen LogP contribution in [0.4, 0.5) is 10.5 Å². The number of Topliss-reactive ketones (excluding diaryl/α,β-unsaturated/α-hetero) is 1. The molecule has 0 radical (unpaired) electrons. The first kappa shape index (κ1) is 13.9. The first-order valence-corrected chi connectivity index (χ1v) is 7.39. The number of piperidine rings is 1. The van der Waals surface area contributed by atoms with Crippen molar-refractivity contribution in [2.45, 2.75) is 25.3 Å². The van der Waals surface area contributed by atoms with Gasteiger partial charge in [0.15, 0.2) is 5.78 Å². The van der Waals surface area contributed by atoms with E-state index in [1.165, 1.54) is 0 Å². The Morgan fingerprint density at radius 1 is 1.29 bits per heavy atom. The van der Waals surface area contributed by atoms with Crippen LogP contribution in [-0.2, 0) is 4.74 Å². The summed E-state index contributed by atoms with van der Waals surface area (Å²) in [5.41, 5.74) is 1.30. The third-order valence-electron chi connectivity index (χ3n) is 4.69. The monoisotopic (exact) mass is 288 g/mol. The smallest absolute Gasteiger partial charge is 0.409 e. The van der Waals surface area contributed by atoms with E-state index in [1.807, 2.05) is 31.3 Å². The Bertz CT molecular complexity index is 577. The lowest BCUT2D eigenvalue weighted by molar-refractivity contribution is 0.0710. The quantitative estimate of drug-likeness (QED) is 0.795. The van der Waals surface area contributed by atoms with Crippen LogP contribution in [0.2, 0.25) is 0 Å². The van der Waals surface area contributed by atoms with Crippen LogP contribution in [0.15, 0.2) is 24.3 Å². The molecule has 21 heavy (non-hydrogen) atoms. The summed E-state index contributed by atoms with van der Waals surface area (Å²) in [7, 11) is 1.98. The number of rotatable bonds is 1. The second-order valence-corrected chi connectivity index (χ2v) is 5.62. The third-order valence-corrected chi connectivity index (χ3v) is 4.69. The summed E-state index contributed by atoms with van der Waals surface area (Å²) in [6, 6.07) is 7.73. The largest absolute Gasteiger partial charge is 0.450 e. The lowest BCUT2D eigenvalue weighted by Gasteiger charge is -2.42. The molecular weight excluding hydrogens is 268 g/mol. The zero-order valence-corrected chi connectivity index (χ0v) is 12.5. The van der Waals surface area contributed by atoms with Gasteiger partial charge in [-0.2, -0.15) is 0 Å². The van der Waals surface area contributed by atoms with Gasteiger partial charge in [0.2, 0.25) is 0 Å². The Morgan fingerprint density at radius 3 is 2.57 bits per heavy atom. The Balaban J connectivity index is 1.80. The summed E-state index contributed by atoms with van der Waals surface area (Å²) in [5, 5.41) is 0. The van der Waals surface area contributed by atoms with E-state index >= 15 is 0 Å². The second kappa shape index (κ2) is 5.06. The number of fused-ring (bicyclic) bond motifs is 1. The topological polar surface area (TPSA) is 49.9 Å². The average Bonchev–Trinajstić information content (AvgIpc) is 2.72. The van der Waals surface area contributed by atoms with Crippen molar-refractivity contribution >= 4 is 17.6 Å². The van der Waals surface area contributed by atoms with Gasteiger partial charge in [0.25, 0.3) is 0 Å². The Kier molecular flexibility index (Phi) is 3.35. The van der Waals surface area contributed by atoms with Crippen LogP contribution in [0.1, 0.15) is 30.1 Å². The summed E-state index contributed by atoms with van der Waals surface area (Å²) >= 11 is 0. The van der Waals surface area contributed by atoms with Crippen LogP contribution in [0.3, 0.4) is 0 Å². The molecule has 0 N–H and O–H groups in total. The first-order chi connectivity index (χ1) is 10.1. The number of nitrogens with zero attached hydrogens (tertiary/aromatic N) is 2. The maximum absolute atomic E-state index is 12.8. The summed E-state index contributed by atoms with van der Waals surface area (Å²) in [5.74, 6) is 0.184. The molecule has 112 valence electrons. The number of para-hydroxylation sites is 1. The summed E-state index contributed by atoms with van der Waals surface area (Å²) in [6.45, 7) is 3.30. The van der Waals surface area contributed by atoms with Gasteiger partial charge in [-0.05, 0) is 31.9 Å². The summed E-state index contributed by atoms with van der Waals surface area (Å²) in [4.78, 5) is 28.4. The number of ketones is 1. The number of hydrogen-bond acceptors (Lipinski definition) is 4. The van der Waals surface area contributed by atoms with Gasteiger partial charge in [-0.25, -0.2) is 4.79 Å². The minimum atomic E-state index is -0.493. The van der Waals surface area contributed by atoms with Crippen molar-refractivity contribution in [1.82, 2.24) is 4.90 Å². The number of anilines is 1. The van der Waals surface area contributed by atoms with Crippen LogP contribution >= 0.6 is 0 Å². The van der Waals surface area contributed by atoms with Gasteiger partial charge < -0.3 is 14.5 Å². The maximum atomic E-state index is 12.8. The fourth-order valence-corrected chi connectivity index (χ4v) is 3.43. The molecule has 1 aromatic rings. The summed E-state index contributed by atoms with van der Waals surface area (Å²) < 4.78 is 5.04. The molecule has 5 nitrogen and oxygen atoms in total. The Labute approximate surface area is 124 Å². The number of benzene rings is 1. The van der Waals surface area contributed by atoms with Crippen LogP contribution < -0.4 is 4.90 Å². The van der Waals surface area contributed by atoms with Gasteiger partial charge in [-0.15, -0.1) is 0 Å². The Morgan fingerprint density at radius 2 is 1.95 bits per heavy atom. The molecule has 2 aliphatic rings. The van der Waals surface area contributed by atoms with Crippen LogP contribution in [-0.4, -0.2) is 49.1 Å². The van der Waals surface area contributed by atoms with Gasteiger partial charge >= 0.3 is 6.09 Å². The number of hydrogen-bond donors (Lipinski definition) is 0. The maximum Gasteiger partial charge on any atom is 0.409 e. The molecule has 0 atom stereocenters. The van der Waals surface area contributed by atoms with E-state index in [4.69, 9.17) is 4.74 Å². The molecule has 0 saturated carbocycles. The summed E-state index contributed by atoms with van der Waals surface area (Å²) in [6.07, 6.45) is 1.02. The van der Waals surface area contributed by atoms with E-state index in [2.05, 4.69) is 4.90 Å². The van der Waals surface area contributed by atoms with Crippen LogP contribution in [0.25, 0.3) is 0 Å². The van der Waals surface area contributed by atoms with Crippen molar-refractivity contribution in [3.63, 3.8) is 0 Å². The van der Waals surface area contributed by atoms with E-state index in [-0.39, 0.29) is 11.9 Å². The highest BCUT2D eigenvalue weighted by molar-refractivity contribution is 6.14. The van der Waals surface area contributed by atoms with E-state index < -0.39 is 5.54 Å². The van der Waals surface area contributed by atoms with Crippen molar-refractivity contribution < 1.29 is 14.3 Å². The molecule has 2 aliphatic heterocycles. The molecular formula is C16H20N2O3. The lowest BCUT2D eigenvalue weighted by atomic mass is 9.83. The lowest BCUT2D eigenvalue weighted by Crippen LogP contribution is -2.56. The standard InChI is InChI=1S/C16H20N2O3/c1-3-21-15(20)18-10-8-16(9-11-18)14(19)12-6-4-5-7-13(12)17(16)2/h4-7H,3,8-11H2,1-2H3.